The summed E-state index contributed by atoms with van der Waals surface area (Å²) < 4.78 is 0. The van der Waals surface area contributed by atoms with Crippen molar-refractivity contribution in [3.63, 3.8) is 0 Å². The van der Waals surface area contributed by atoms with Crippen molar-refractivity contribution in [1.82, 2.24) is 9.97 Å². The highest BCUT2D eigenvalue weighted by molar-refractivity contribution is 7.11. The molecule has 4 nitrogen and oxygen atoms in total. The number of nitrogens with zero attached hydrogens (tertiary/aromatic N) is 2. The van der Waals surface area contributed by atoms with Crippen LogP contribution in [0.3, 0.4) is 0 Å². The Morgan fingerprint density at radius 2 is 2.06 bits per heavy atom. The normalized spacial score (nSPS) is 12.4. The molecule has 5 heteroatoms. The number of aromatic nitrogens is 2. The number of thiophene rings is 1. The van der Waals surface area contributed by atoms with E-state index in [1.165, 1.54) is 9.75 Å². The van der Waals surface area contributed by atoms with Crippen LogP contribution in [0.1, 0.15) is 16.7 Å². The average Bonchev–Trinajstić information content (AvgIpc) is 2.67. The fraction of sp³-hybridized carbons (Fsp3) is 0.333. The van der Waals surface area contributed by atoms with E-state index in [4.69, 9.17) is 5.73 Å². The number of nitrogens with two attached hydrogens (primary N) is 1. The van der Waals surface area contributed by atoms with E-state index in [1.807, 2.05) is 11.3 Å². The van der Waals surface area contributed by atoms with E-state index >= 15 is 0 Å². The van der Waals surface area contributed by atoms with E-state index in [0.717, 1.165) is 6.42 Å². The van der Waals surface area contributed by atoms with Crippen LogP contribution in [-0.2, 0) is 6.42 Å². The zero-order chi connectivity index (χ0) is 12.3. The Balaban J connectivity index is 1.93. The van der Waals surface area contributed by atoms with Gasteiger partial charge >= 0.3 is 0 Å². The molecule has 2 aromatic heterocycles. The van der Waals surface area contributed by atoms with E-state index < -0.39 is 0 Å². The molecule has 1 unspecified atom stereocenters. The largest absolute Gasteiger partial charge is 0.396 e. The van der Waals surface area contributed by atoms with Crippen LogP contribution < -0.4 is 11.1 Å². The van der Waals surface area contributed by atoms with E-state index in [2.05, 4.69) is 41.3 Å². The average molecular weight is 248 g/mol. The SMILES string of the molecule is Cc1ccc(CC(C)Nc2ncc(N)cn2)s1. The minimum absolute atomic E-state index is 0.302. The van der Waals surface area contributed by atoms with Gasteiger partial charge in [-0.2, -0.15) is 0 Å². The van der Waals surface area contributed by atoms with Crippen molar-refractivity contribution in [2.45, 2.75) is 26.3 Å². The quantitative estimate of drug-likeness (QED) is 0.872. The molecule has 0 amide bonds. The number of anilines is 2. The van der Waals surface area contributed by atoms with Gasteiger partial charge in [0.05, 0.1) is 18.1 Å². The summed E-state index contributed by atoms with van der Waals surface area (Å²) in [6.45, 7) is 4.24. The van der Waals surface area contributed by atoms with Gasteiger partial charge < -0.3 is 11.1 Å². The first-order valence-electron chi connectivity index (χ1n) is 5.53. The second kappa shape index (κ2) is 5.14. The fourth-order valence-electron chi connectivity index (χ4n) is 1.58. The number of nitrogens with one attached hydrogen (secondary N) is 1. The molecular weight excluding hydrogens is 232 g/mol. The Hall–Kier alpha value is -1.62. The van der Waals surface area contributed by atoms with E-state index in [-0.39, 0.29) is 0 Å². The monoisotopic (exact) mass is 248 g/mol. The molecule has 17 heavy (non-hydrogen) atoms. The van der Waals surface area contributed by atoms with Gasteiger partial charge in [0.2, 0.25) is 5.95 Å². The van der Waals surface area contributed by atoms with Crippen LogP contribution in [0.15, 0.2) is 24.5 Å². The highest BCUT2D eigenvalue weighted by Gasteiger charge is 2.06. The van der Waals surface area contributed by atoms with Gasteiger partial charge in [-0.25, -0.2) is 9.97 Å². The number of hydrogen-bond acceptors (Lipinski definition) is 5. The molecule has 0 saturated heterocycles. The zero-order valence-electron chi connectivity index (χ0n) is 9.97. The molecule has 3 N–H and O–H groups in total. The highest BCUT2D eigenvalue weighted by atomic mass is 32.1. The van der Waals surface area contributed by atoms with Crippen LogP contribution in [-0.4, -0.2) is 16.0 Å². The first kappa shape index (κ1) is 11.9. The summed E-state index contributed by atoms with van der Waals surface area (Å²) >= 11 is 1.83. The van der Waals surface area contributed by atoms with Crippen LogP contribution in [0.2, 0.25) is 0 Å². The Morgan fingerprint density at radius 1 is 1.35 bits per heavy atom. The van der Waals surface area contributed by atoms with Crippen LogP contribution in [0.5, 0.6) is 0 Å². The molecule has 0 spiro atoms. The molecular formula is C12H16N4S. The maximum Gasteiger partial charge on any atom is 0.222 e. The molecule has 2 aromatic rings. The lowest BCUT2D eigenvalue weighted by atomic mass is 10.2. The van der Waals surface area contributed by atoms with Gasteiger partial charge in [-0.1, -0.05) is 0 Å². The third-order valence-corrected chi connectivity index (χ3v) is 3.37. The molecule has 90 valence electrons. The van der Waals surface area contributed by atoms with Gasteiger partial charge in [-0.15, -0.1) is 11.3 Å². The molecule has 0 saturated carbocycles. The minimum Gasteiger partial charge on any atom is -0.396 e. The topological polar surface area (TPSA) is 63.8 Å². The summed E-state index contributed by atoms with van der Waals surface area (Å²) in [5.74, 6) is 0.625. The predicted molar refractivity (Wildman–Crippen MR) is 72.3 cm³/mol. The molecule has 0 aliphatic heterocycles. The van der Waals surface area contributed by atoms with Crippen molar-refractivity contribution in [2.24, 2.45) is 0 Å². The molecule has 1 atom stereocenters. The minimum atomic E-state index is 0.302. The van der Waals surface area contributed by atoms with Gasteiger partial charge in [0.15, 0.2) is 0 Å². The summed E-state index contributed by atoms with van der Waals surface area (Å²) in [5.41, 5.74) is 6.11. The first-order valence-corrected chi connectivity index (χ1v) is 6.34. The maximum absolute atomic E-state index is 5.53. The molecule has 0 radical (unpaired) electrons. The fourth-order valence-corrected chi connectivity index (χ4v) is 2.60. The van der Waals surface area contributed by atoms with Crippen LogP contribution in [0, 0.1) is 6.92 Å². The summed E-state index contributed by atoms with van der Waals surface area (Å²) in [7, 11) is 0. The lowest BCUT2D eigenvalue weighted by molar-refractivity contribution is 0.786. The molecule has 0 bridgehead atoms. The molecule has 0 aliphatic carbocycles. The number of aryl methyl sites for hydroxylation is 1. The maximum atomic E-state index is 5.53. The summed E-state index contributed by atoms with van der Waals surface area (Å²) in [4.78, 5) is 11.0. The van der Waals surface area contributed by atoms with Crippen molar-refractivity contribution >= 4 is 23.0 Å². The Morgan fingerprint density at radius 3 is 2.65 bits per heavy atom. The van der Waals surface area contributed by atoms with E-state index in [0.29, 0.717) is 17.7 Å². The van der Waals surface area contributed by atoms with Gasteiger partial charge in [0, 0.05) is 22.2 Å². The zero-order valence-corrected chi connectivity index (χ0v) is 10.8. The lowest BCUT2D eigenvalue weighted by Crippen LogP contribution is -2.19. The predicted octanol–water partition coefficient (Wildman–Crippen LogP) is 2.47. The number of hydrogen-bond donors (Lipinski definition) is 2. The van der Waals surface area contributed by atoms with E-state index in [1.54, 1.807) is 12.4 Å². The molecule has 2 rings (SSSR count). The summed E-state index contributed by atoms with van der Waals surface area (Å²) in [6, 6.07) is 4.62. The van der Waals surface area contributed by atoms with Crippen molar-refractivity contribution in [3.8, 4) is 0 Å². The number of rotatable bonds is 4. The van der Waals surface area contributed by atoms with E-state index in [9.17, 15) is 0 Å². The third-order valence-electron chi connectivity index (χ3n) is 2.35. The lowest BCUT2D eigenvalue weighted by Gasteiger charge is -2.12. The highest BCUT2D eigenvalue weighted by Crippen LogP contribution is 2.17. The molecule has 0 aliphatic rings. The van der Waals surface area contributed by atoms with Crippen molar-refractivity contribution in [2.75, 3.05) is 11.1 Å². The van der Waals surface area contributed by atoms with Gasteiger partial charge in [0.1, 0.15) is 0 Å². The van der Waals surface area contributed by atoms with Gasteiger partial charge in [0.25, 0.3) is 0 Å². The summed E-state index contributed by atoms with van der Waals surface area (Å²) in [6.07, 6.45) is 4.20. The first-order chi connectivity index (χ1) is 8.13. The smallest absolute Gasteiger partial charge is 0.222 e. The second-order valence-electron chi connectivity index (χ2n) is 4.10. The third kappa shape index (κ3) is 3.42. The van der Waals surface area contributed by atoms with Gasteiger partial charge in [-0.3, -0.25) is 0 Å². The molecule has 2 heterocycles. The van der Waals surface area contributed by atoms with Crippen molar-refractivity contribution in [1.29, 1.82) is 0 Å². The second-order valence-corrected chi connectivity index (χ2v) is 5.47. The van der Waals surface area contributed by atoms with Crippen LogP contribution in [0.25, 0.3) is 0 Å². The summed E-state index contributed by atoms with van der Waals surface area (Å²) in [5, 5.41) is 3.26. The van der Waals surface area contributed by atoms with Crippen LogP contribution in [0.4, 0.5) is 11.6 Å². The number of nitrogen functional groups attached to an aromatic ring is 1. The van der Waals surface area contributed by atoms with Gasteiger partial charge in [-0.05, 0) is 26.0 Å². The van der Waals surface area contributed by atoms with Crippen molar-refractivity contribution < 1.29 is 0 Å². The standard InChI is InChI=1S/C12H16N4S/c1-8(5-11-4-3-9(2)17-11)16-12-14-6-10(13)7-15-12/h3-4,6-8H,5,13H2,1-2H3,(H,14,15,16). The van der Waals surface area contributed by atoms with Crippen molar-refractivity contribution in [3.05, 3.63) is 34.3 Å². The Kier molecular flexibility index (Phi) is 3.58. The Bertz CT molecular complexity index is 478. The van der Waals surface area contributed by atoms with Crippen LogP contribution >= 0.6 is 11.3 Å². The molecule has 0 aromatic carbocycles. The molecule has 0 fully saturated rings. The Labute approximate surface area is 105 Å².